The van der Waals surface area contributed by atoms with Gasteiger partial charge in [-0.05, 0) is 43.2 Å². The third-order valence-electron chi connectivity index (χ3n) is 5.36. The highest BCUT2D eigenvalue weighted by atomic mass is 16.5. The first-order valence-electron chi connectivity index (χ1n) is 10.1. The summed E-state index contributed by atoms with van der Waals surface area (Å²) in [7, 11) is 0. The molecule has 0 amide bonds. The van der Waals surface area contributed by atoms with Gasteiger partial charge in [0, 0.05) is 25.7 Å². The molecule has 0 radical (unpaired) electrons. The molecule has 144 valence electrons. The molecule has 0 heterocycles. The molecule has 4 heteroatoms. The van der Waals surface area contributed by atoms with Crippen LogP contribution in [0.4, 0.5) is 0 Å². The Morgan fingerprint density at radius 3 is 1.93 bits per heavy atom. The summed E-state index contributed by atoms with van der Waals surface area (Å²) in [6.07, 6.45) is 5.59. The van der Waals surface area contributed by atoms with Crippen LogP contribution in [0.25, 0.3) is 0 Å². The zero-order valence-corrected chi connectivity index (χ0v) is 16.0. The Morgan fingerprint density at radius 2 is 1.41 bits per heavy atom. The summed E-state index contributed by atoms with van der Waals surface area (Å²) < 4.78 is 5.93. The average Bonchev–Trinajstić information content (AvgIpc) is 2.73. The number of nitrogens with zero attached hydrogens (tertiary/aromatic N) is 2. The molecule has 0 N–H and O–H groups in total. The topological polar surface area (TPSA) is 41.9 Å². The Kier molecular flexibility index (Phi) is 8.00. The largest absolute Gasteiger partial charge is 0.378 e. The first kappa shape index (κ1) is 19.7. The van der Waals surface area contributed by atoms with Gasteiger partial charge in [-0.15, -0.1) is 0 Å². The van der Waals surface area contributed by atoms with Crippen LogP contribution in [0.3, 0.4) is 0 Å². The van der Waals surface area contributed by atoms with Crippen molar-refractivity contribution in [3.8, 4) is 0 Å². The lowest BCUT2D eigenvalue weighted by Gasteiger charge is -2.37. The second-order valence-corrected chi connectivity index (χ2v) is 7.38. The highest BCUT2D eigenvalue weighted by molar-refractivity contribution is 5.17. The van der Waals surface area contributed by atoms with Crippen LogP contribution in [-0.4, -0.2) is 30.2 Å². The van der Waals surface area contributed by atoms with E-state index in [1.165, 1.54) is 11.1 Å². The molecule has 0 aliphatic heterocycles. The molecule has 0 atom stereocenters. The highest BCUT2D eigenvalue weighted by Gasteiger charge is 2.26. The molecule has 2 aromatic carbocycles. The summed E-state index contributed by atoms with van der Waals surface area (Å²) in [5, 5.41) is 2.90. The molecule has 2 aromatic rings. The maximum absolute atomic E-state index is 10.2. The molecular formula is C23H30N2O2. The molecule has 3 rings (SSSR count). The molecule has 0 unspecified atom stereocenters. The molecule has 0 aromatic heterocycles. The number of hydrogen-bond donors (Lipinski definition) is 0. The summed E-state index contributed by atoms with van der Waals surface area (Å²) in [6, 6.07) is 22.1. The minimum Gasteiger partial charge on any atom is -0.378 e. The lowest BCUT2D eigenvalue weighted by atomic mass is 9.91. The van der Waals surface area contributed by atoms with E-state index in [-0.39, 0.29) is 0 Å². The van der Waals surface area contributed by atoms with Gasteiger partial charge in [-0.3, -0.25) is 4.90 Å². The second kappa shape index (κ2) is 11.0. The molecule has 1 aliphatic carbocycles. The van der Waals surface area contributed by atoms with Gasteiger partial charge in [0.15, 0.2) is 0 Å². The van der Waals surface area contributed by atoms with Gasteiger partial charge in [0.05, 0.1) is 12.6 Å². The van der Waals surface area contributed by atoms with E-state index in [2.05, 4.69) is 70.7 Å². The van der Waals surface area contributed by atoms with Crippen molar-refractivity contribution in [1.29, 1.82) is 0 Å². The Morgan fingerprint density at radius 1 is 0.852 bits per heavy atom. The van der Waals surface area contributed by atoms with Crippen molar-refractivity contribution in [2.75, 3.05) is 13.2 Å². The Hall–Kier alpha value is -2.04. The van der Waals surface area contributed by atoms with Crippen molar-refractivity contribution in [2.24, 2.45) is 5.18 Å². The number of rotatable bonds is 10. The highest BCUT2D eigenvalue weighted by Crippen LogP contribution is 2.27. The number of ether oxygens (including phenoxy) is 1. The minimum atomic E-state index is 0.336. The predicted octanol–water partition coefficient (Wildman–Crippen LogP) is 5.17. The van der Waals surface area contributed by atoms with Crippen LogP contribution in [0.15, 0.2) is 65.8 Å². The van der Waals surface area contributed by atoms with Crippen LogP contribution in [0, 0.1) is 4.91 Å². The molecule has 1 fully saturated rings. The molecule has 27 heavy (non-hydrogen) atoms. The maximum atomic E-state index is 10.2. The van der Waals surface area contributed by atoms with Crippen LogP contribution < -0.4 is 0 Å². The third kappa shape index (κ3) is 6.56. The smallest absolute Gasteiger partial charge is 0.0833 e. The molecule has 0 spiro atoms. The van der Waals surface area contributed by atoms with Gasteiger partial charge in [0.25, 0.3) is 0 Å². The standard InChI is InChI=1S/C23H30N2O2/c26-24-16-7-17-27-23-14-12-22(13-15-23)25(18-20-8-3-1-4-9-20)19-21-10-5-2-6-11-21/h1-6,8-11,22-23H,7,12-19H2. The number of benzene rings is 2. The van der Waals surface area contributed by atoms with Crippen LogP contribution in [0.1, 0.15) is 43.2 Å². The Bertz CT molecular complexity index is 613. The fraction of sp³-hybridized carbons (Fsp3) is 0.478. The second-order valence-electron chi connectivity index (χ2n) is 7.38. The van der Waals surface area contributed by atoms with E-state index in [4.69, 9.17) is 4.74 Å². The molecule has 1 aliphatic rings. The summed E-state index contributed by atoms with van der Waals surface area (Å²) in [5.41, 5.74) is 2.74. The van der Waals surface area contributed by atoms with E-state index in [1.54, 1.807) is 0 Å². The summed E-state index contributed by atoms with van der Waals surface area (Å²) in [4.78, 5) is 12.8. The number of hydrogen-bond acceptors (Lipinski definition) is 4. The SMILES string of the molecule is O=NCCCOC1CCC(N(Cc2ccccc2)Cc2ccccc2)CC1. The summed E-state index contributed by atoms with van der Waals surface area (Å²) >= 11 is 0. The minimum absolute atomic E-state index is 0.336. The Balaban J connectivity index is 1.57. The quantitative estimate of drug-likeness (QED) is 0.430. The number of nitroso groups, excluding NO2 is 1. The van der Waals surface area contributed by atoms with E-state index >= 15 is 0 Å². The van der Waals surface area contributed by atoms with Crippen molar-refractivity contribution < 1.29 is 4.74 Å². The normalized spacial score (nSPS) is 19.9. The van der Waals surface area contributed by atoms with Crippen molar-refractivity contribution in [2.45, 2.75) is 57.3 Å². The fourth-order valence-corrected chi connectivity index (χ4v) is 3.91. The van der Waals surface area contributed by atoms with E-state index in [9.17, 15) is 4.91 Å². The zero-order valence-electron chi connectivity index (χ0n) is 16.0. The summed E-state index contributed by atoms with van der Waals surface area (Å²) in [6.45, 7) is 2.98. The first-order valence-corrected chi connectivity index (χ1v) is 10.1. The van der Waals surface area contributed by atoms with E-state index in [0.29, 0.717) is 25.3 Å². The lowest BCUT2D eigenvalue weighted by molar-refractivity contribution is 0.00415. The van der Waals surface area contributed by atoms with E-state index in [0.717, 1.165) is 45.2 Å². The van der Waals surface area contributed by atoms with Crippen LogP contribution in [0.2, 0.25) is 0 Å². The van der Waals surface area contributed by atoms with Crippen molar-refractivity contribution >= 4 is 0 Å². The predicted molar refractivity (Wildman–Crippen MR) is 109 cm³/mol. The van der Waals surface area contributed by atoms with Crippen LogP contribution in [0.5, 0.6) is 0 Å². The Labute approximate surface area is 162 Å². The molecule has 1 saturated carbocycles. The van der Waals surface area contributed by atoms with E-state index < -0.39 is 0 Å². The zero-order chi connectivity index (χ0) is 18.7. The van der Waals surface area contributed by atoms with Crippen LogP contribution in [-0.2, 0) is 17.8 Å². The van der Waals surface area contributed by atoms with Gasteiger partial charge in [-0.2, -0.15) is 4.91 Å². The molecular weight excluding hydrogens is 336 g/mol. The molecule has 4 nitrogen and oxygen atoms in total. The average molecular weight is 367 g/mol. The van der Waals surface area contributed by atoms with Gasteiger partial charge < -0.3 is 4.74 Å². The van der Waals surface area contributed by atoms with Crippen molar-refractivity contribution in [1.82, 2.24) is 4.90 Å². The molecule has 0 saturated heterocycles. The fourth-order valence-electron chi connectivity index (χ4n) is 3.91. The maximum Gasteiger partial charge on any atom is 0.0833 e. The van der Waals surface area contributed by atoms with Gasteiger partial charge in [0.1, 0.15) is 0 Å². The van der Waals surface area contributed by atoms with Gasteiger partial charge in [-0.1, -0.05) is 65.8 Å². The summed E-state index contributed by atoms with van der Waals surface area (Å²) in [5.74, 6) is 0. The van der Waals surface area contributed by atoms with E-state index in [1.807, 2.05) is 0 Å². The first-order chi connectivity index (χ1) is 13.3. The van der Waals surface area contributed by atoms with Gasteiger partial charge in [-0.25, -0.2) is 0 Å². The molecule has 0 bridgehead atoms. The third-order valence-corrected chi connectivity index (χ3v) is 5.36. The van der Waals surface area contributed by atoms with Crippen LogP contribution >= 0.6 is 0 Å². The van der Waals surface area contributed by atoms with Gasteiger partial charge >= 0.3 is 0 Å². The van der Waals surface area contributed by atoms with Gasteiger partial charge in [0.2, 0.25) is 0 Å². The monoisotopic (exact) mass is 366 g/mol. The van der Waals surface area contributed by atoms with Crippen molar-refractivity contribution in [3.05, 3.63) is 76.7 Å². The van der Waals surface area contributed by atoms with Crippen molar-refractivity contribution in [3.63, 3.8) is 0 Å². The lowest BCUT2D eigenvalue weighted by Crippen LogP contribution is -2.38.